The number of amides is 1. The fourth-order valence-corrected chi connectivity index (χ4v) is 2.33. The van der Waals surface area contributed by atoms with Gasteiger partial charge < -0.3 is 15.6 Å². The van der Waals surface area contributed by atoms with Gasteiger partial charge in [-0.1, -0.05) is 25.5 Å². The minimum absolute atomic E-state index is 0.108. The molecule has 0 saturated carbocycles. The molecule has 1 atom stereocenters. The van der Waals surface area contributed by atoms with Crippen LogP contribution in [0.5, 0.6) is 5.75 Å². The number of aryl methyl sites for hydroxylation is 1. The fraction of sp³-hybridized carbons (Fsp3) is 0.556. The van der Waals surface area contributed by atoms with Gasteiger partial charge >= 0.3 is 5.97 Å². The van der Waals surface area contributed by atoms with Gasteiger partial charge in [0.1, 0.15) is 0 Å². The first-order chi connectivity index (χ1) is 11.4. The molecular formula is C18H26FNO4. The van der Waals surface area contributed by atoms with Crippen LogP contribution >= 0.6 is 0 Å². The lowest BCUT2D eigenvalue weighted by atomic mass is 10.0. The molecule has 0 saturated heterocycles. The Hall–Kier alpha value is -2.11. The van der Waals surface area contributed by atoms with E-state index in [1.54, 1.807) is 18.2 Å². The molecule has 3 N–H and O–H groups in total. The van der Waals surface area contributed by atoms with Gasteiger partial charge in [0, 0.05) is 12.8 Å². The molecule has 0 radical (unpaired) electrons. The number of carboxylic acids is 1. The number of carbonyl (C=O) groups excluding carboxylic acids is 1. The number of hydrogen-bond donors (Lipinski definition) is 2. The Labute approximate surface area is 142 Å². The average Bonchev–Trinajstić information content (AvgIpc) is 2.52. The molecule has 0 unspecified atom stereocenters. The second-order valence-corrected chi connectivity index (χ2v) is 6.10. The highest BCUT2D eigenvalue weighted by Crippen LogP contribution is 2.23. The molecule has 0 heterocycles. The van der Waals surface area contributed by atoms with Crippen molar-refractivity contribution < 1.29 is 23.8 Å². The van der Waals surface area contributed by atoms with Crippen LogP contribution < -0.4 is 10.5 Å². The number of carbonyl (C=O) groups is 2. The van der Waals surface area contributed by atoms with Crippen molar-refractivity contribution in [3.63, 3.8) is 0 Å². The fourth-order valence-electron chi connectivity index (χ4n) is 2.33. The Bertz CT molecular complexity index is 548. The molecule has 1 aromatic rings. The SMILES string of the molecule is C[C@@H](CCC(N)=O)COc1cccc(CCCCCC(=O)O)c1F. The van der Waals surface area contributed by atoms with Crippen molar-refractivity contribution in [2.24, 2.45) is 11.7 Å². The summed E-state index contributed by atoms with van der Waals surface area (Å²) in [6.45, 7) is 2.25. The van der Waals surface area contributed by atoms with E-state index < -0.39 is 5.97 Å². The second kappa shape index (κ2) is 10.6. The summed E-state index contributed by atoms with van der Waals surface area (Å²) in [5, 5.41) is 8.58. The van der Waals surface area contributed by atoms with E-state index in [-0.39, 0.29) is 29.8 Å². The third-order valence-electron chi connectivity index (χ3n) is 3.79. The summed E-state index contributed by atoms with van der Waals surface area (Å²) in [5.74, 6) is -1.20. The molecule has 134 valence electrons. The third-order valence-corrected chi connectivity index (χ3v) is 3.79. The van der Waals surface area contributed by atoms with Crippen molar-refractivity contribution >= 4 is 11.9 Å². The number of aliphatic carboxylic acids is 1. The zero-order chi connectivity index (χ0) is 17.9. The van der Waals surface area contributed by atoms with Crippen molar-refractivity contribution in [3.8, 4) is 5.75 Å². The number of carboxylic acid groups (broad SMARTS) is 1. The Morgan fingerprint density at radius 2 is 2.00 bits per heavy atom. The van der Waals surface area contributed by atoms with Crippen molar-refractivity contribution in [2.45, 2.75) is 51.9 Å². The van der Waals surface area contributed by atoms with Gasteiger partial charge in [-0.15, -0.1) is 0 Å². The molecule has 1 amide bonds. The molecular weight excluding hydrogens is 313 g/mol. The number of primary amides is 1. The minimum atomic E-state index is -0.804. The molecule has 0 aliphatic rings. The van der Waals surface area contributed by atoms with Gasteiger partial charge in [0.15, 0.2) is 11.6 Å². The van der Waals surface area contributed by atoms with Gasteiger partial charge in [-0.3, -0.25) is 9.59 Å². The van der Waals surface area contributed by atoms with Crippen molar-refractivity contribution in [3.05, 3.63) is 29.6 Å². The number of ether oxygens (including phenoxy) is 1. The zero-order valence-electron chi connectivity index (χ0n) is 14.1. The van der Waals surface area contributed by atoms with Crippen LogP contribution in [0, 0.1) is 11.7 Å². The maximum atomic E-state index is 14.4. The van der Waals surface area contributed by atoms with E-state index in [4.69, 9.17) is 15.6 Å². The highest BCUT2D eigenvalue weighted by atomic mass is 19.1. The van der Waals surface area contributed by atoms with Crippen LogP contribution in [0.25, 0.3) is 0 Å². The van der Waals surface area contributed by atoms with E-state index in [0.29, 0.717) is 37.9 Å². The molecule has 1 aromatic carbocycles. The number of benzene rings is 1. The Morgan fingerprint density at radius 3 is 2.67 bits per heavy atom. The molecule has 0 aliphatic heterocycles. The van der Waals surface area contributed by atoms with Crippen LogP contribution in [0.15, 0.2) is 18.2 Å². The lowest BCUT2D eigenvalue weighted by Gasteiger charge is -2.14. The number of nitrogens with two attached hydrogens (primary N) is 1. The monoisotopic (exact) mass is 339 g/mol. The maximum Gasteiger partial charge on any atom is 0.303 e. The van der Waals surface area contributed by atoms with Gasteiger partial charge in [-0.25, -0.2) is 4.39 Å². The summed E-state index contributed by atoms with van der Waals surface area (Å²) in [7, 11) is 0. The van der Waals surface area contributed by atoms with Crippen LogP contribution in [0.3, 0.4) is 0 Å². The first-order valence-corrected chi connectivity index (χ1v) is 8.30. The molecule has 0 aliphatic carbocycles. The normalized spacial score (nSPS) is 11.9. The lowest BCUT2D eigenvalue weighted by Crippen LogP contribution is -2.15. The zero-order valence-corrected chi connectivity index (χ0v) is 14.1. The standard InChI is InChI=1S/C18H26FNO4/c1-13(10-11-16(20)21)12-24-15-8-5-7-14(18(15)19)6-3-2-4-9-17(22)23/h5,7-8,13H,2-4,6,9-12H2,1H3,(H2,20,21)(H,22,23)/t13-/m0/s1. The maximum absolute atomic E-state index is 14.4. The molecule has 0 aromatic heterocycles. The summed E-state index contributed by atoms with van der Waals surface area (Å²) in [6.07, 6.45) is 3.70. The number of halogens is 1. The minimum Gasteiger partial charge on any atom is -0.490 e. The van der Waals surface area contributed by atoms with E-state index in [1.807, 2.05) is 6.92 Å². The molecule has 5 nitrogen and oxygen atoms in total. The Balaban J connectivity index is 2.43. The lowest BCUT2D eigenvalue weighted by molar-refractivity contribution is -0.137. The van der Waals surface area contributed by atoms with Gasteiger partial charge in [0.2, 0.25) is 5.91 Å². The van der Waals surface area contributed by atoms with Crippen LogP contribution in [-0.4, -0.2) is 23.6 Å². The van der Waals surface area contributed by atoms with Gasteiger partial charge in [0.05, 0.1) is 6.61 Å². The van der Waals surface area contributed by atoms with Crippen LogP contribution in [0.1, 0.15) is 51.0 Å². The quantitative estimate of drug-likeness (QED) is 0.572. The summed E-state index contributed by atoms with van der Waals surface area (Å²) in [4.78, 5) is 21.2. The molecule has 6 heteroatoms. The topological polar surface area (TPSA) is 89.6 Å². The number of hydrogen-bond acceptors (Lipinski definition) is 3. The van der Waals surface area contributed by atoms with Crippen LogP contribution in [0.2, 0.25) is 0 Å². The summed E-state index contributed by atoms with van der Waals surface area (Å²) < 4.78 is 19.9. The second-order valence-electron chi connectivity index (χ2n) is 6.10. The van der Waals surface area contributed by atoms with Crippen molar-refractivity contribution in [1.29, 1.82) is 0 Å². The predicted molar refractivity (Wildman–Crippen MR) is 89.3 cm³/mol. The molecule has 24 heavy (non-hydrogen) atoms. The summed E-state index contributed by atoms with van der Waals surface area (Å²) in [6, 6.07) is 5.05. The van der Waals surface area contributed by atoms with Gasteiger partial charge in [0.25, 0.3) is 0 Å². The van der Waals surface area contributed by atoms with Crippen LogP contribution in [-0.2, 0) is 16.0 Å². The Morgan fingerprint density at radius 1 is 1.25 bits per heavy atom. The average molecular weight is 339 g/mol. The van der Waals surface area contributed by atoms with E-state index in [1.165, 1.54) is 0 Å². The smallest absolute Gasteiger partial charge is 0.303 e. The number of rotatable bonds is 12. The van der Waals surface area contributed by atoms with E-state index in [2.05, 4.69) is 0 Å². The van der Waals surface area contributed by atoms with E-state index >= 15 is 0 Å². The van der Waals surface area contributed by atoms with Crippen molar-refractivity contribution in [1.82, 2.24) is 0 Å². The molecule has 1 rings (SSSR count). The highest BCUT2D eigenvalue weighted by molar-refractivity contribution is 5.73. The van der Waals surface area contributed by atoms with E-state index in [0.717, 1.165) is 12.8 Å². The third kappa shape index (κ3) is 7.94. The molecule has 0 spiro atoms. The number of unbranched alkanes of at least 4 members (excludes halogenated alkanes) is 2. The summed E-state index contributed by atoms with van der Waals surface area (Å²) in [5.41, 5.74) is 5.68. The van der Waals surface area contributed by atoms with Crippen molar-refractivity contribution in [2.75, 3.05) is 6.61 Å². The predicted octanol–water partition coefficient (Wildman–Crippen LogP) is 3.29. The van der Waals surface area contributed by atoms with E-state index in [9.17, 15) is 14.0 Å². The molecule has 0 fully saturated rings. The highest BCUT2D eigenvalue weighted by Gasteiger charge is 2.11. The van der Waals surface area contributed by atoms with Gasteiger partial charge in [-0.05, 0) is 43.2 Å². The first-order valence-electron chi connectivity index (χ1n) is 8.30. The largest absolute Gasteiger partial charge is 0.490 e. The van der Waals surface area contributed by atoms with Crippen LogP contribution in [0.4, 0.5) is 4.39 Å². The molecule has 0 bridgehead atoms. The summed E-state index contributed by atoms with van der Waals surface area (Å²) >= 11 is 0. The van der Waals surface area contributed by atoms with Gasteiger partial charge in [-0.2, -0.15) is 0 Å². The first kappa shape index (κ1) is 19.9. The Kier molecular flexibility index (Phi) is 8.83.